The Morgan fingerprint density at radius 1 is 0.962 bits per heavy atom. The first-order valence-corrected chi connectivity index (χ1v) is 7.93. The predicted molar refractivity (Wildman–Crippen MR) is 99.2 cm³/mol. The molecule has 0 bridgehead atoms. The predicted octanol–water partition coefficient (Wildman–Crippen LogP) is 2.70. The Labute approximate surface area is 152 Å². The first-order valence-electron chi connectivity index (χ1n) is 7.93. The third kappa shape index (κ3) is 4.44. The highest BCUT2D eigenvalue weighted by Crippen LogP contribution is 2.32. The number of rotatable bonds is 7. The van der Waals surface area contributed by atoms with Crippen LogP contribution in [0.4, 0.5) is 11.4 Å². The summed E-state index contributed by atoms with van der Waals surface area (Å²) in [6.45, 7) is 1.22. The maximum atomic E-state index is 12.5. The molecule has 2 rings (SSSR count). The molecule has 1 N–H and O–H groups in total. The van der Waals surface area contributed by atoms with Crippen molar-refractivity contribution in [1.29, 1.82) is 0 Å². The number of ether oxygens (including phenoxy) is 3. The second-order valence-electron chi connectivity index (χ2n) is 5.39. The molecule has 26 heavy (non-hydrogen) atoms. The number of methoxy groups -OCH3 is 3. The number of carbonyl (C=O) groups is 2. The van der Waals surface area contributed by atoms with Crippen molar-refractivity contribution in [2.45, 2.75) is 6.92 Å². The van der Waals surface area contributed by atoms with Crippen molar-refractivity contribution < 1.29 is 23.8 Å². The van der Waals surface area contributed by atoms with E-state index in [1.807, 2.05) is 0 Å². The van der Waals surface area contributed by atoms with Gasteiger partial charge in [0.05, 0.1) is 32.7 Å². The lowest BCUT2D eigenvalue weighted by Crippen LogP contribution is -2.37. The molecule has 2 amide bonds. The molecule has 0 saturated carbocycles. The van der Waals surface area contributed by atoms with Gasteiger partial charge in [-0.2, -0.15) is 0 Å². The Balaban J connectivity index is 2.23. The summed E-state index contributed by atoms with van der Waals surface area (Å²) in [5.41, 5.74) is 1.01. The van der Waals surface area contributed by atoms with Gasteiger partial charge in [-0.25, -0.2) is 0 Å². The molecule has 7 nitrogen and oxygen atoms in total. The van der Waals surface area contributed by atoms with E-state index in [9.17, 15) is 9.59 Å². The Morgan fingerprint density at radius 3 is 2.27 bits per heavy atom. The number of nitrogens with one attached hydrogen (secondary N) is 1. The summed E-state index contributed by atoms with van der Waals surface area (Å²) in [6, 6.07) is 12.1. The number of benzene rings is 2. The van der Waals surface area contributed by atoms with Crippen molar-refractivity contribution in [2.24, 2.45) is 0 Å². The molecule has 138 valence electrons. The number of anilines is 2. The van der Waals surface area contributed by atoms with Crippen molar-refractivity contribution in [3.63, 3.8) is 0 Å². The third-order valence-electron chi connectivity index (χ3n) is 3.74. The molecule has 0 fully saturated rings. The fourth-order valence-corrected chi connectivity index (χ4v) is 2.46. The van der Waals surface area contributed by atoms with Crippen LogP contribution in [0.15, 0.2) is 42.5 Å². The fourth-order valence-electron chi connectivity index (χ4n) is 2.46. The van der Waals surface area contributed by atoms with Gasteiger partial charge in [0, 0.05) is 13.0 Å². The lowest BCUT2D eigenvalue weighted by Gasteiger charge is -2.23. The van der Waals surface area contributed by atoms with Gasteiger partial charge < -0.3 is 19.5 Å². The minimum Gasteiger partial charge on any atom is -0.497 e. The largest absolute Gasteiger partial charge is 0.497 e. The highest BCUT2D eigenvalue weighted by Gasteiger charge is 2.20. The normalized spacial score (nSPS) is 10.0. The first kappa shape index (κ1) is 19.1. The molecule has 0 aliphatic carbocycles. The lowest BCUT2D eigenvalue weighted by molar-refractivity contribution is -0.120. The maximum Gasteiger partial charge on any atom is 0.244 e. The molecule has 0 aliphatic heterocycles. The van der Waals surface area contributed by atoms with E-state index >= 15 is 0 Å². The zero-order valence-electron chi connectivity index (χ0n) is 15.2. The molecular formula is C19H22N2O5. The van der Waals surface area contributed by atoms with Crippen molar-refractivity contribution in [2.75, 3.05) is 38.1 Å². The van der Waals surface area contributed by atoms with Gasteiger partial charge in [-0.05, 0) is 24.3 Å². The smallest absolute Gasteiger partial charge is 0.244 e. The van der Waals surface area contributed by atoms with Gasteiger partial charge in [0.1, 0.15) is 23.8 Å². The quantitative estimate of drug-likeness (QED) is 0.823. The number of amides is 2. The second kappa shape index (κ2) is 8.75. The summed E-state index contributed by atoms with van der Waals surface area (Å²) in [4.78, 5) is 25.9. The van der Waals surface area contributed by atoms with Crippen molar-refractivity contribution in [3.8, 4) is 17.2 Å². The van der Waals surface area contributed by atoms with E-state index in [1.54, 1.807) is 42.5 Å². The monoisotopic (exact) mass is 358 g/mol. The van der Waals surface area contributed by atoms with Crippen molar-refractivity contribution >= 4 is 23.2 Å². The van der Waals surface area contributed by atoms with E-state index < -0.39 is 0 Å². The second-order valence-corrected chi connectivity index (χ2v) is 5.39. The molecule has 2 aromatic rings. The van der Waals surface area contributed by atoms with Crippen LogP contribution in [0.2, 0.25) is 0 Å². The zero-order chi connectivity index (χ0) is 19.1. The molecule has 0 aromatic heterocycles. The van der Waals surface area contributed by atoms with Gasteiger partial charge in [-0.3, -0.25) is 14.5 Å². The van der Waals surface area contributed by atoms with Crippen LogP contribution in [0.3, 0.4) is 0 Å². The minimum atomic E-state index is -0.359. The van der Waals surface area contributed by atoms with Crippen LogP contribution in [0.1, 0.15) is 6.92 Å². The Kier molecular flexibility index (Phi) is 6.43. The van der Waals surface area contributed by atoms with E-state index in [-0.39, 0.29) is 18.4 Å². The Hall–Kier alpha value is -3.22. The van der Waals surface area contributed by atoms with E-state index in [4.69, 9.17) is 14.2 Å². The van der Waals surface area contributed by atoms with E-state index in [0.717, 1.165) is 0 Å². The average Bonchev–Trinajstić information content (AvgIpc) is 2.65. The molecule has 0 radical (unpaired) electrons. The van der Waals surface area contributed by atoms with Gasteiger partial charge in [-0.15, -0.1) is 0 Å². The maximum absolute atomic E-state index is 12.5. The Bertz CT molecular complexity index is 791. The lowest BCUT2D eigenvalue weighted by atomic mass is 10.2. The number of carbonyl (C=O) groups excluding carboxylic acids is 2. The minimum absolute atomic E-state index is 0.171. The fraction of sp³-hybridized carbons (Fsp3) is 0.263. The van der Waals surface area contributed by atoms with Crippen LogP contribution < -0.4 is 24.4 Å². The topological polar surface area (TPSA) is 77.1 Å². The van der Waals surface area contributed by atoms with Crippen molar-refractivity contribution in [3.05, 3.63) is 42.5 Å². The summed E-state index contributed by atoms with van der Waals surface area (Å²) in [6.07, 6.45) is 0. The zero-order valence-corrected chi connectivity index (χ0v) is 15.2. The summed E-state index contributed by atoms with van der Waals surface area (Å²) >= 11 is 0. The van der Waals surface area contributed by atoms with E-state index in [2.05, 4.69) is 5.32 Å². The van der Waals surface area contributed by atoms with Crippen LogP contribution in [0, 0.1) is 0 Å². The van der Waals surface area contributed by atoms with Gasteiger partial charge >= 0.3 is 0 Å². The van der Waals surface area contributed by atoms with Crippen LogP contribution in [0.25, 0.3) is 0 Å². The Morgan fingerprint density at radius 2 is 1.65 bits per heavy atom. The van der Waals surface area contributed by atoms with Gasteiger partial charge in [-0.1, -0.05) is 12.1 Å². The molecule has 0 unspecified atom stereocenters. The molecule has 0 aliphatic rings. The number of para-hydroxylation sites is 2. The summed E-state index contributed by atoms with van der Waals surface area (Å²) < 4.78 is 15.7. The van der Waals surface area contributed by atoms with Crippen LogP contribution in [-0.4, -0.2) is 39.7 Å². The van der Waals surface area contributed by atoms with Crippen LogP contribution in [-0.2, 0) is 9.59 Å². The van der Waals surface area contributed by atoms with Crippen LogP contribution in [0.5, 0.6) is 17.2 Å². The third-order valence-corrected chi connectivity index (χ3v) is 3.74. The molecule has 7 heteroatoms. The first-order chi connectivity index (χ1) is 12.5. The molecule has 0 atom stereocenters. The van der Waals surface area contributed by atoms with Gasteiger partial charge in [0.15, 0.2) is 0 Å². The molecule has 0 heterocycles. The number of nitrogens with zero attached hydrogens (tertiary/aromatic N) is 1. The van der Waals surface area contributed by atoms with Gasteiger partial charge in [0.2, 0.25) is 11.8 Å². The highest BCUT2D eigenvalue weighted by molar-refractivity contribution is 6.03. The molecule has 0 spiro atoms. The van der Waals surface area contributed by atoms with Gasteiger partial charge in [0.25, 0.3) is 0 Å². The summed E-state index contributed by atoms with van der Waals surface area (Å²) in [5.74, 6) is 0.917. The van der Waals surface area contributed by atoms with Crippen LogP contribution >= 0.6 is 0 Å². The molecule has 2 aromatic carbocycles. The average molecular weight is 358 g/mol. The number of hydrogen-bond donors (Lipinski definition) is 1. The summed E-state index contributed by atoms with van der Waals surface area (Å²) in [7, 11) is 4.55. The SMILES string of the molecule is COc1ccc(N(CC(=O)Nc2ccccc2OC)C(C)=O)c(OC)c1. The summed E-state index contributed by atoms with van der Waals surface area (Å²) in [5, 5.41) is 2.75. The highest BCUT2D eigenvalue weighted by atomic mass is 16.5. The van der Waals surface area contributed by atoms with E-state index in [1.165, 1.54) is 33.2 Å². The standard InChI is InChI=1S/C19H22N2O5/c1-13(22)21(16-10-9-14(24-2)11-18(16)26-4)12-19(23)20-15-7-5-6-8-17(15)25-3/h5-11H,12H2,1-4H3,(H,20,23). The molecule has 0 saturated heterocycles. The van der Waals surface area contributed by atoms with E-state index in [0.29, 0.717) is 28.6 Å². The number of hydrogen-bond acceptors (Lipinski definition) is 5. The molecular weight excluding hydrogens is 336 g/mol. The van der Waals surface area contributed by atoms with Crippen molar-refractivity contribution in [1.82, 2.24) is 0 Å².